The van der Waals surface area contributed by atoms with Gasteiger partial charge in [0.1, 0.15) is 5.75 Å². The van der Waals surface area contributed by atoms with Crippen LogP contribution in [0, 0.1) is 6.57 Å². The van der Waals surface area contributed by atoms with E-state index in [1.54, 1.807) is 12.1 Å². The Labute approximate surface area is 81.7 Å². The summed E-state index contributed by atoms with van der Waals surface area (Å²) >= 11 is 5.84. The van der Waals surface area contributed by atoms with E-state index in [4.69, 9.17) is 27.6 Å². The lowest BCUT2D eigenvalue weighted by atomic mass is 10.3. The van der Waals surface area contributed by atoms with Crippen LogP contribution in [0.25, 0.3) is 4.85 Å². The van der Waals surface area contributed by atoms with E-state index in [-0.39, 0.29) is 0 Å². The molecule has 0 aliphatic carbocycles. The summed E-state index contributed by atoms with van der Waals surface area (Å²) in [6.45, 7) is 5.13. The molecule has 0 amide bonds. The molecule has 13 heavy (non-hydrogen) atoms. The number of halogens is 1. The zero-order chi connectivity index (χ0) is 9.84. The maximum absolute atomic E-state index is 5.84. The zero-order valence-corrected chi connectivity index (χ0v) is 8.13. The Morgan fingerprint density at radius 3 is 2.31 bits per heavy atom. The molecule has 1 rings (SSSR count). The van der Waals surface area contributed by atoms with Crippen molar-refractivity contribution < 1.29 is 9.47 Å². The number of rotatable bonds is 2. The minimum absolute atomic E-state index is 0.451. The topological polar surface area (TPSA) is 22.8 Å². The Hall–Kier alpha value is -1.40. The molecule has 0 unspecified atom stereocenters. The molecule has 3 nitrogen and oxygen atoms in total. The molecular formula is C9H9ClNO2+. The monoisotopic (exact) mass is 198 g/mol. The molecule has 0 radical (unpaired) electrons. The summed E-state index contributed by atoms with van der Waals surface area (Å²) in [7, 11) is 3.05. The van der Waals surface area contributed by atoms with Crippen LogP contribution in [0.3, 0.4) is 0 Å². The van der Waals surface area contributed by atoms with Crippen molar-refractivity contribution in [3.05, 3.63) is 22.0 Å². The first-order chi connectivity index (χ1) is 6.22. The lowest BCUT2D eigenvalue weighted by molar-refractivity contribution is 0.396. The molecule has 0 spiro atoms. The van der Waals surface area contributed by atoms with Crippen molar-refractivity contribution in [1.82, 2.24) is 0 Å². The van der Waals surface area contributed by atoms with Crippen LogP contribution < -0.4 is 9.47 Å². The molecular weight excluding hydrogens is 190 g/mol. The van der Waals surface area contributed by atoms with E-state index in [1.807, 2.05) is 0 Å². The third-order valence-electron chi connectivity index (χ3n) is 1.59. The van der Waals surface area contributed by atoms with E-state index in [1.165, 1.54) is 14.2 Å². The third kappa shape index (κ3) is 1.85. The van der Waals surface area contributed by atoms with Crippen molar-refractivity contribution in [3.63, 3.8) is 0 Å². The van der Waals surface area contributed by atoms with Crippen LogP contribution in [0.4, 0.5) is 5.69 Å². The Bertz CT molecular complexity index is 357. The molecule has 0 fully saturated rings. The van der Waals surface area contributed by atoms with Gasteiger partial charge < -0.3 is 9.47 Å². The van der Waals surface area contributed by atoms with Crippen LogP contribution >= 0.6 is 11.6 Å². The number of ether oxygens (including phenoxy) is 2. The van der Waals surface area contributed by atoms with Gasteiger partial charge in [0.25, 0.3) is 6.57 Å². The van der Waals surface area contributed by atoms with Gasteiger partial charge in [0, 0.05) is 6.07 Å². The normalized spacial score (nSPS) is 9.08. The van der Waals surface area contributed by atoms with Crippen LogP contribution in [-0.4, -0.2) is 14.2 Å². The fourth-order valence-corrected chi connectivity index (χ4v) is 1.18. The first kappa shape index (κ1) is 9.69. The van der Waals surface area contributed by atoms with Crippen molar-refractivity contribution in [3.8, 4) is 18.1 Å². The second kappa shape index (κ2) is 4.01. The maximum Gasteiger partial charge on any atom is 0.382 e. The lowest BCUT2D eigenvalue weighted by Gasteiger charge is -2.03. The van der Waals surface area contributed by atoms with Crippen molar-refractivity contribution in [2.45, 2.75) is 0 Å². The molecule has 0 saturated heterocycles. The van der Waals surface area contributed by atoms with E-state index in [0.29, 0.717) is 22.2 Å². The van der Waals surface area contributed by atoms with E-state index in [9.17, 15) is 0 Å². The molecule has 0 atom stereocenters. The lowest BCUT2D eigenvalue weighted by Crippen LogP contribution is -1.87. The van der Waals surface area contributed by atoms with Crippen molar-refractivity contribution >= 4 is 17.3 Å². The highest BCUT2D eigenvalue weighted by atomic mass is 35.5. The second-order valence-electron chi connectivity index (χ2n) is 2.29. The minimum Gasteiger partial charge on any atom is -0.495 e. The van der Waals surface area contributed by atoms with Crippen LogP contribution in [-0.2, 0) is 0 Å². The molecule has 1 aromatic rings. The van der Waals surface area contributed by atoms with Gasteiger partial charge in [-0.15, -0.1) is 0 Å². The first-order valence-corrected chi connectivity index (χ1v) is 3.93. The first-order valence-electron chi connectivity index (χ1n) is 3.55. The number of methoxy groups -OCH3 is 2. The molecule has 0 N–H and O–H groups in total. The van der Waals surface area contributed by atoms with E-state index < -0.39 is 0 Å². The molecule has 0 aliphatic rings. The van der Waals surface area contributed by atoms with Crippen LogP contribution in [0.15, 0.2) is 12.1 Å². The predicted molar refractivity (Wildman–Crippen MR) is 52.5 cm³/mol. The number of hydrogen-bond acceptors (Lipinski definition) is 2. The Balaban J connectivity index is 3.28. The molecule has 0 heterocycles. The quantitative estimate of drug-likeness (QED) is 0.729. The second-order valence-corrected chi connectivity index (χ2v) is 2.69. The highest BCUT2D eigenvalue weighted by Gasteiger charge is 2.15. The van der Waals surface area contributed by atoms with E-state index >= 15 is 0 Å². The fraction of sp³-hybridized carbons (Fsp3) is 0.222. The Kier molecular flexibility index (Phi) is 2.99. The van der Waals surface area contributed by atoms with Gasteiger partial charge in [0.15, 0.2) is 0 Å². The van der Waals surface area contributed by atoms with Gasteiger partial charge in [0.05, 0.1) is 25.3 Å². The number of benzene rings is 1. The summed E-state index contributed by atoms with van der Waals surface area (Å²) in [6.07, 6.45) is 0. The van der Waals surface area contributed by atoms with Gasteiger partial charge in [-0.3, -0.25) is 0 Å². The Morgan fingerprint density at radius 1 is 1.23 bits per heavy atom. The van der Waals surface area contributed by atoms with Crippen LogP contribution in [0.1, 0.15) is 0 Å². The average molecular weight is 199 g/mol. The van der Waals surface area contributed by atoms with Gasteiger partial charge >= 0.3 is 5.69 Å². The highest BCUT2D eigenvalue weighted by molar-refractivity contribution is 6.32. The summed E-state index contributed by atoms with van der Waals surface area (Å²) in [5, 5.41) is 0.451. The van der Waals surface area contributed by atoms with Crippen molar-refractivity contribution in [2.24, 2.45) is 0 Å². The largest absolute Gasteiger partial charge is 0.495 e. The van der Waals surface area contributed by atoms with Crippen LogP contribution in [0.5, 0.6) is 11.5 Å². The van der Waals surface area contributed by atoms with Crippen LogP contribution in [0.2, 0.25) is 5.02 Å². The molecule has 0 bridgehead atoms. The molecule has 0 aromatic heterocycles. The highest BCUT2D eigenvalue weighted by Crippen LogP contribution is 2.37. The molecule has 4 heteroatoms. The predicted octanol–water partition coefficient (Wildman–Crippen LogP) is 2.95. The average Bonchev–Trinajstić information content (AvgIpc) is 2.17. The third-order valence-corrected chi connectivity index (χ3v) is 1.89. The molecule has 68 valence electrons. The van der Waals surface area contributed by atoms with E-state index in [2.05, 4.69) is 4.85 Å². The molecule has 0 aliphatic heterocycles. The molecule has 0 saturated carbocycles. The summed E-state index contributed by atoms with van der Waals surface area (Å²) < 4.78 is 10.0. The van der Waals surface area contributed by atoms with Gasteiger partial charge in [-0.05, 0) is 4.85 Å². The SMILES string of the molecule is C#[N+]c1cc(Cl)c(OC)cc1OC. The van der Waals surface area contributed by atoms with Gasteiger partial charge in [-0.2, -0.15) is 0 Å². The van der Waals surface area contributed by atoms with Gasteiger partial charge in [-0.25, -0.2) is 0 Å². The maximum atomic E-state index is 5.84. The number of hydrogen-bond donors (Lipinski definition) is 0. The fourth-order valence-electron chi connectivity index (χ4n) is 0.945. The summed E-state index contributed by atoms with van der Waals surface area (Å²) in [5.41, 5.74) is 0.494. The van der Waals surface area contributed by atoms with Crippen molar-refractivity contribution in [1.29, 1.82) is 0 Å². The number of nitrogens with zero attached hydrogens (tertiary/aromatic N) is 1. The van der Waals surface area contributed by atoms with Gasteiger partial charge in [0.2, 0.25) is 5.75 Å². The smallest absolute Gasteiger partial charge is 0.382 e. The minimum atomic E-state index is 0.451. The summed E-state index contributed by atoms with van der Waals surface area (Å²) in [4.78, 5) is 3.51. The standard InChI is InChI=1S/C9H9ClNO2/c1-11-7-4-6(10)8(12-2)5-9(7)13-3/h1,4-5H,2-3H3/q+1. The van der Waals surface area contributed by atoms with E-state index in [0.717, 1.165) is 0 Å². The molecule has 1 aromatic carbocycles. The van der Waals surface area contributed by atoms with Gasteiger partial charge in [-0.1, -0.05) is 11.6 Å². The Morgan fingerprint density at radius 2 is 1.85 bits per heavy atom. The summed E-state index contributed by atoms with van der Waals surface area (Å²) in [6, 6.07) is 3.22. The summed E-state index contributed by atoms with van der Waals surface area (Å²) in [5.74, 6) is 1.06. The zero-order valence-electron chi connectivity index (χ0n) is 7.37. The van der Waals surface area contributed by atoms with Crippen molar-refractivity contribution in [2.75, 3.05) is 14.2 Å².